The fraction of sp³-hybridized carbons (Fsp3) is 0.0909. The summed E-state index contributed by atoms with van der Waals surface area (Å²) in [6.45, 7) is 0. The lowest BCUT2D eigenvalue weighted by atomic mass is 10.1. The van der Waals surface area contributed by atoms with Crippen molar-refractivity contribution in [1.82, 2.24) is 9.97 Å². The molecule has 0 amide bonds. The van der Waals surface area contributed by atoms with E-state index >= 15 is 0 Å². The Morgan fingerprint density at radius 3 is 2.47 bits per heavy atom. The molecule has 6 heteroatoms. The number of halogens is 4. The third-order valence-electron chi connectivity index (χ3n) is 2.03. The lowest BCUT2D eigenvalue weighted by Crippen LogP contribution is -2.05. The first-order valence-corrected chi connectivity index (χ1v) is 4.54. The number of alkyl halides is 3. The Balaban J connectivity index is 2.51. The molecular weight excluding hydrogens is 236 g/mol. The average molecular weight is 241 g/mol. The molecule has 0 saturated carbocycles. The van der Waals surface area contributed by atoms with Crippen molar-refractivity contribution in [3.05, 3.63) is 48.2 Å². The van der Waals surface area contributed by atoms with Gasteiger partial charge in [-0.1, -0.05) is 12.1 Å². The summed E-state index contributed by atoms with van der Waals surface area (Å²) < 4.78 is 50.5. The highest BCUT2D eigenvalue weighted by Gasteiger charge is 2.31. The summed E-state index contributed by atoms with van der Waals surface area (Å²) in [5.74, 6) is -0.910. The van der Waals surface area contributed by atoms with Crippen LogP contribution in [0.5, 0.6) is 0 Å². The molecule has 2 nitrogen and oxygen atoms in total. The summed E-state index contributed by atoms with van der Waals surface area (Å²) in [6, 6.07) is 5.20. The molecule has 0 saturated heterocycles. The van der Waals surface area contributed by atoms with Gasteiger partial charge in [-0.25, -0.2) is 9.97 Å². The number of hydrogen-bond acceptors (Lipinski definition) is 2. The van der Waals surface area contributed by atoms with Gasteiger partial charge in [0.1, 0.15) is 5.69 Å². The molecule has 0 N–H and O–H groups in total. The monoisotopic (exact) mass is 241 g/mol. The maximum Gasteiger partial charge on any atom is 0.417 e. The van der Waals surface area contributed by atoms with Gasteiger partial charge in [0.15, 0.2) is 0 Å². The molecular formula is C11H5F4N2. The van der Waals surface area contributed by atoms with Crippen LogP contribution in [-0.4, -0.2) is 9.97 Å². The van der Waals surface area contributed by atoms with E-state index in [0.29, 0.717) is 0 Å². The van der Waals surface area contributed by atoms with Crippen LogP contribution < -0.4 is 0 Å². The van der Waals surface area contributed by atoms with Crippen LogP contribution in [0.4, 0.5) is 17.6 Å². The normalized spacial score (nSPS) is 11.5. The quantitative estimate of drug-likeness (QED) is 0.717. The van der Waals surface area contributed by atoms with Crippen molar-refractivity contribution in [2.75, 3.05) is 0 Å². The Bertz CT molecular complexity index is 537. The van der Waals surface area contributed by atoms with Crippen LogP contribution in [0.15, 0.2) is 30.6 Å². The number of aromatic nitrogens is 2. The smallest absolute Gasteiger partial charge is 0.250 e. The van der Waals surface area contributed by atoms with Gasteiger partial charge in [-0.3, -0.25) is 0 Å². The molecule has 0 spiro atoms. The minimum atomic E-state index is -4.52. The van der Waals surface area contributed by atoms with Crippen LogP contribution in [-0.2, 0) is 6.18 Å². The zero-order valence-corrected chi connectivity index (χ0v) is 8.29. The van der Waals surface area contributed by atoms with Crippen molar-refractivity contribution in [2.45, 2.75) is 6.18 Å². The molecule has 2 aromatic rings. The van der Waals surface area contributed by atoms with E-state index in [2.05, 4.69) is 9.97 Å². The number of rotatable bonds is 1. The zero-order chi connectivity index (χ0) is 12.5. The van der Waals surface area contributed by atoms with Gasteiger partial charge < -0.3 is 0 Å². The number of benzene rings is 1. The minimum Gasteiger partial charge on any atom is -0.250 e. The molecule has 0 aliphatic rings. The fourth-order valence-electron chi connectivity index (χ4n) is 1.29. The maximum absolute atomic E-state index is 13.2. The van der Waals surface area contributed by atoms with E-state index in [0.717, 1.165) is 18.3 Å². The molecule has 0 aliphatic heterocycles. The average Bonchev–Trinajstić information content (AvgIpc) is 2.29. The third-order valence-corrected chi connectivity index (χ3v) is 2.03. The first-order valence-electron chi connectivity index (χ1n) is 4.54. The van der Waals surface area contributed by atoms with Gasteiger partial charge in [-0.2, -0.15) is 17.6 Å². The Morgan fingerprint density at radius 1 is 1.12 bits per heavy atom. The molecule has 87 valence electrons. The second-order valence-electron chi connectivity index (χ2n) is 3.18. The number of nitrogens with zero attached hydrogens (tertiary/aromatic N) is 2. The summed E-state index contributed by atoms with van der Waals surface area (Å²) in [5.41, 5.74) is -1.17. The lowest BCUT2D eigenvalue weighted by Gasteiger charge is -2.07. The molecule has 0 aliphatic carbocycles. The van der Waals surface area contributed by atoms with Gasteiger partial charge in [0.2, 0.25) is 5.95 Å². The van der Waals surface area contributed by atoms with Crippen molar-refractivity contribution in [3.63, 3.8) is 0 Å². The fourth-order valence-corrected chi connectivity index (χ4v) is 1.29. The summed E-state index contributed by atoms with van der Waals surface area (Å²) in [7, 11) is 0. The van der Waals surface area contributed by atoms with Crippen molar-refractivity contribution in [2.24, 2.45) is 0 Å². The molecule has 17 heavy (non-hydrogen) atoms. The van der Waals surface area contributed by atoms with Crippen LogP contribution in [0.3, 0.4) is 0 Å². The molecule has 1 radical (unpaired) electrons. The molecule has 2 rings (SSSR count). The molecule has 0 fully saturated rings. The minimum absolute atomic E-state index is 0.0154. The topological polar surface area (TPSA) is 25.8 Å². The Hall–Kier alpha value is -1.98. The predicted molar refractivity (Wildman–Crippen MR) is 51.3 cm³/mol. The second kappa shape index (κ2) is 4.12. The van der Waals surface area contributed by atoms with Gasteiger partial charge in [-0.05, 0) is 12.1 Å². The summed E-state index contributed by atoms with van der Waals surface area (Å²) >= 11 is 0. The second-order valence-corrected chi connectivity index (χ2v) is 3.18. The highest BCUT2D eigenvalue weighted by Crippen LogP contribution is 2.31. The molecule has 0 bridgehead atoms. The van der Waals surface area contributed by atoms with Gasteiger partial charge in [0.25, 0.3) is 0 Å². The molecule has 1 aromatic carbocycles. The van der Waals surface area contributed by atoms with Crippen molar-refractivity contribution >= 4 is 0 Å². The van der Waals surface area contributed by atoms with Crippen LogP contribution in [0, 0.1) is 12.0 Å². The van der Waals surface area contributed by atoms with Crippen LogP contribution in [0.1, 0.15) is 5.56 Å². The molecule has 1 aromatic heterocycles. The van der Waals surface area contributed by atoms with Crippen molar-refractivity contribution in [1.29, 1.82) is 0 Å². The highest BCUT2D eigenvalue weighted by atomic mass is 19.4. The largest absolute Gasteiger partial charge is 0.417 e. The highest BCUT2D eigenvalue weighted by molar-refractivity contribution is 5.59. The van der Waals surface area contributed by atoms with Crippen molar-refractivity contribution in [3.8, 4) is 11.3 Å². The van der Waals surface area contributed by atoms with Gasteiger partial charge >= 0.3 is 6.18 Å². The molecule has 0 atom stereocenters. The maximum atomic E-state index is 13.2. The van der Waals surface area contributed by atoms with E-state index in [1.54, 1.807) is 0 Å². The summed E-state index contributed by atoms with van der Waals surface area (Å²) in [6.07, 6.45) is -2.18. The zero-order valence-electron chi connectivity index (χ0n) is 8.29. The van der Waals surface area contributed by atoms with E-state index < -0.39 is 17.7 Å². The molecule has 1 heterocycles. The molecule has 0 unspecified atom stereocenters. The van der Waals surface area contributed by atoms with Gasteiger partial charge in [0, 0.05) is 18.0 Å². The SMILES string of the molecule is Fc1nccnc1-c1cc[c]c(C(F)(F)F)c1. The van der Waals surface area contributed by atoms with Crippen LogP contribution >= 0.6 is 0 Å². The number of hydrogen-bond donors (Lipinski definition) is 0. The van der Waals surface area contributed by atoms with Crippen LogP contribution in [0.2, 0.25) is 0 Å². The first-order chi connectivity index (χ1) is 7.98. The van der Waals surface area contributed by atoms with E-state index in [9.17, 15) is 17.6 Å². The van der Waals surface area contributed by atoms with E-state index in [-0.39, 0.29) is 11.3 Å². The van der Waals surface area contributed by atoms with E-state index in [4.69, 9.17) is 0 Å². The van der Waals surface area contributed by atoms with Crippen LogP contribution in [0.25, 0.3) is 11.3 Å². The Labute approximate surface area is 94.0 Å². The van der Waals surface area contributed by atoms with E-state index in [1.165, 1.54) is 12.3 Å². The van der Waals surface area contributed by atoms with Crippen molar-refractivity contribution < 1.29 is 17.6 Å². The van der Waals surface area contributed by atoms with Gasteiger partial charge in [0.05, 0.1) is 5.56 Å². The third kappa shape index (κ3) is 2.41. The Kier molecular flexibility index (Phi) is 2.79. The summed E-state index contributed by atoms with van der Waals surface area (Å²) in [4.78, 5) is 6.98. The first kappa shape index (κ1) is 11.5. The van der Waals surface area contributed by atoms with Gasteiger partial charge in [-0.15, -0.1) is 0 Å². The Morgan fingerprint density at radius 2 is 1.82 bits per heavy atom. The lowest BCUT2D eigenvalue weighted by molar-refractivity contribution is -0.137. The summed E-state index contributed by atoms with van der Waals surface area (Å²) in [5, 5.41) is 0. The standard InChI is InChI=1S/C11H5F4N2/c12-10-9(16-4-5-17-10)7-2-1-3-8(6-7)11(13,14)15/h1-2,4-6H. The van der Waals surface area contributed by atoms with E-state index in [1.807, 2.05) is 6.07 Å². The predicted octanol–water partition coefficient (Wildman–Crippen LogP) is 3.10.